The van der Waals surface area contributed by atoms with E-state index in [1.807, 2.05) is 25.1 Å². The minimum atomic E-state index is -0.445. The number of aryl methyl sites for hydroxylation is 2. The van der Waals surface area contributed by atoms with Gasteiger partial charge in [0.25, 0.3) is 0 Å². The lowest BCUT2D eigenvalue weighted by Gasteiger charge is -2.13. The molecule has 0 N–H and O–H groups in total. The van der Waals surface area contributed by atoms with Gasteiger partial charge in [0.05, 0.1) is 37.6 Å². The number of ether oxygens (including phenoxy) is 3. The van der Waals surface area contributed by atoms with Gasteiger partial charge in [0, 0.05) is 5.69 Å². The first-order chi connectivity index (χ1) is 13.5. The van der Waals surface area contributed by atoms with E-state index in [1.165, 1.54) is 0 Å². The molecule has 2 aromatic heterocycles. The maximum atomic E-state index is 12.4. The molecule has 3 aromatic rings. The number of hydrogen-bond donors (Lipinski definition) is 0. The van der Waals surface area contributed by atoms with Crippen molar-refractivity contribution < 1.29 is 19.0 Å². The Labute approximate surface area is 164 Å². The first kappa shape index (κ1) is 19.7. The van der Waals surface area contributed by atoms with E-state index in [2.05, 4.69) is 11.9 Å². The van der Waals surface area contributed by atoms with Crippen molar-refractivity contribution in [1.29, 1.82) is 0 Å². The molecule has 0 atom stereocenters. The molecule has 0 aliphatic heterocycles. The summed E-state index contributed by atoms with van der Waals surface area (Å²) in [6.07, 6.45) is 1.67. The minimum Gasteiger partial charge on any atom is -0.496 e. The molecule has 0 saturated carbocycles. The second kappa shape index (κ2) is 8.29. The fourth-order valence-electron chi connectivity index (χ4n) is 3.32. The van der Waals surface area contributed by atoms with E-state index in [0.717, 1.165) is 35.4 Å². The molecule has 0 spiro atoms. The highest BCUT2D eigenvalue weighted by atomic mass is 16.5. The van der Waals surface area contributed by atoms with Crippen molar-refractivity contribution in [2.75, 3.05) is 20.8 Å². The number of fused-ring (bicyclic) bond motifs is 1. The summed E-state index contributed by atoms with van der Waals surface area (Å²) in [7, 11) is 3.22. The molecule has 0 fully saturated rings. The molecule has 148 valence electrons. The van der Waals surface area contributed by atoms with Gasteiger partial charge < -0.3 is 14.2 Å². The predicted octanol–water partition coefficient (Wildman–Crippen LogP) is 3.85. The molecule has 0 aliphatic carbocycles. The molecule has 0 aliphatic rings. The summed E-state index contributed by atoms with van der Waals surface area (Å²) in [4.78, 5) is 17.0. The van der Waals surface area contributed by atoms with Crippen LogP contribution in [-0.4, -0.2) is 41.4 Å². The lowest BCUT2D eigenvalue weighted by atomic mass is 10.0. The van der Waals surface area contributed by atoms with Crippen LogP contribution in [0.5, 0.6) is 11.5 Å². The third-order valence-electron chi connectivity index (χ3n) is 4.51. The molecule has 0 radical (unpaired) electrons. The van der Waals surface area contributed by atoms with Crippen molar-refractivity contribution in [2.45, 2.75) is 33.6 Å². The topological polar surface area (TPSA) is 75.0 Å². The molecule has 3 rings (SSSR count). The zero-order chi connectivity index (χ0) is 20.3. The Kier molecular flexibility index (Phi) is 5.82. The number of aromatic nitrogens is 3. The Hall–Kier alpha value is -3.09. The van der Waals surface area contributed by atoms with Crippen LogP contribution in [0.4, 0.5) is 0 Å². The largest absolute Gasteiger partial charge is 0.496 e. The Morgan fingerprint density at radius 3 is 2.36 bits per heavy atom. The van der Waals surface area contributed by atoms with Gasteiger partial charge in [-0.1, -0.05) is 19.4 Å². The van der Waals surface area contributed by atoms with Crippen LogP contribution in [0, 0.1) is 6.92 Å². The second-order valence-corrected chi connectivity index (χ2v) is 6.34. The van der Waals surface area contributed by atoms with Crippen LogP contribution < -0.4 is 9.47 Å². The van der Waals surface area contributed by atoms with Gasteiger partial charge >= 0.3 is 5.97 Å². The van der Waals surface area contributed by atoms with Crippen LogP contribution in [0.1, 0.15) is 42.1 Å². The molecule has 7 nitrogen and oxygen atoms in total. The smallest absolute Gasteiger partial charge is 0.357 e. The first-order valence-corrected chi connectivity index (χ1v) is 9.33. The summed E-state index contributed by atoms with van der Waals surface area (Å²) < 4.78 is 18.1. The minimum absolute atomic E-state index is 0.271. The van der Waals surface area contributed by atoms with Crippen LogP contribution in [-0.2, 0) is 11.2 Å². The predicted molar refractivity (Wildman–Crippen MR) is 106 cm³/mol. The maximum Gasteiger partial charge on any atom is 0.357 e. The van der Waals surface area contributed by atoms with E-state index >= 15 is 0 Å². The van der Waals surface area contributed by atoms with E-state index in [-0.39, 0.29) is 5.69 Å². The van der Waals surface area contributed by atoms with Crippen molar-refractivity contribution in [3.8, 4) is 22.6 Å². The Morgan fingerprint density at radius 2 is 1.79 bits per heavy atom. The average molecular weight is 383 g/mol. The Bertz CT molecular complexity index is 988. The SMILES string of the molecule is CCCc1cc(C(=O)OCC)nc2c(-c3c(OC)cccc3OC)c(C)nn12. The summed E-state index contributed by atoms with van der Waals surface area (Å²) in [6.45, 7) is 6.06. The second-order valence-electron chi connectivity index (χ2n) is 6.34. The lowest BCUT2D eigenvalue weighted by molar-refractivity contribution is 0.0519. The maximum absolute atomic E-state index is 12.4. The number of benzene rings is 1. The van der Waals surface area contributed by atoms with Crippen LogP contribution in [0.15, 0.2) is 24.3 Å². The van der Waals surface area contributed by atoms with Crippen molar-refractivity contribution >= 4 is 11.6 Å². The van der Waals surface area contributed by atoms with Crippen LogP contribution in [0.3, 0.4) is 0 Å². The van der Waals surface area contributed by atoms with Gasteiger partial charge in [0.2, 0.25) is 0 Å². The highest BCUT2D eigenvalue weighted by Gasteiger charge is 2.24. The number of esters is 1. The zero-order valence-corrected chi connectivity index (χ0v) is 16.9. The Balaban J connectivity index is 2.36. The summed E-state index contributed by atoms with van der Waals surface area (Å²) in [6, 6.07) is 7.35. The molecule has 0 unspecified atom stereocenters. The number of nitrogens with zero attached hydrogens (tertiary/aromatic N) is 3. The molecule has 0 saturated heterocycles. The average Bonchev–Trinajstić information content (AvgIpc) is 3.03. The monoisotopic (exact) mass is 383 g/mol. The normalized spacial score (nSPS) is 10.9. The van der Waals surface area contributed by atoms with Gasteiger partial charge in [-0.3, -0.25) is 0 Å². The number of carbonyl (C=O) groups is 1. The first-order valence-electron chi connectivity index (χ1n) is 9.33. The zero-order valence-electron chi connectivity index (χ0n) is 16.9. The standard InChI is InChI=1S/C21H25N3O4/c1-6-9-14-12-15(21(25)28-7-2)22-20-18(13(3)23-24(14)20)19-16(26-4)10-8-11-17(19)27-5/h8,10-12H,6-7,9H2,1-5H3. The molecule has 28 heavy (non-hydrogen) atoms. The van der Waals surface area contributed by atoms with Gasteiger partial charge in [0.1, 0.15) is 11.5 Å². The molecular formula is C21H25N3O4. The molecule has 7 heteroatoms. The van der Waals surface area contributed by atoms with E-state index in [9.17, 15) is 4.79 Å². The van der Waals surface area contributed by atoms with E-state index < -0.39 is 5.97 Å². The highest BCUT2D eigenvalue weighted by molar-refractivity contribution is 5.91. The van der Waals surface area contributed by atoms with Crippen LogP contribution >= 0.6 is 0 Å². The van der Waals surface area contributed by atoms with Crippen LogP contribution in [0.2, 0.25) is 0 Å². The number of carbonyl (C=O) groups excluding carboxylic acids is 1. The van der Waals surface area contributed by atoms with Gasteiger partial charge in [0.15, 0.2) is 11.3 Å². The third kappa shape index (κ3) is 3.40. The Morgan fingerprint density at radius 1 is 1.11 bits per heavy atom. The summed E-state index contributed by atoms with van der Waals surface area (Å²) in [5.41, 5.74) is 4.06. The quantitative estimate of drug-likeness (QED) is 0.577. The van der Waals surface area contributed by atoms with Crippen molar-refractivity contribution in [1.82, 2.24) is 14.6 Å². The summed E-state index contributed by atoms with van der Waals surface area (Å²) in [5, 5.41) is 4.70. The molecule has 0 bridgehead atoms. The van der Waals surface area contributed by atoms with Crippen molar-refractivity contribution in [3.63, 3.8) is 0 Å². The third-order valence-corrected chi connectivity index (χ3v) is 4.51. The van der Waals surface area contributed by atoms with E-state index in [1.54, 1.807) is 31.7 Å². The number of rotatable bonds is 7. The fraction of sp³-hybridized carbons (Fsp3) is 0.381. The van der Waals surface area contributed by atoms with Crippen molar-refractivity contribution in [3.05, 3.63) is 41.3 Å². The van der Waals surface area contributed by atoms with Gasteiger partial charge in [-0.25, -0.2) is 14.3 Å². The van der Waals surface area contributed by atoms with Gasteiger partial charge in [-0.15, -0.1) is 0 Å². The van der Waals surface area contributed by atoms with Crippen molar-refractivity contribution in [2.24, 2.45) is 0 Å². The molecular weight excluding hydrogens is 358 g/mol. The highest BCUT2D eigenvalue weighted by Crippen LogP contribution is 2.41. The summed E-state index contributed by atoms with van der Waals surface area (Å²) in [5.74, 6) is 0.856. The number of methoxy groups -OCH3 is 2. The van der Waals surface area contributed by atoms with Crippen LogP contribution in [0.25, 0.3) is 16.8 Å². The fourth-order valence-corrected chi connectivity index (χ4v) is 3.32. The van der Waals surface area contributed by atoms with E-state index in [0.29, 0.717) is 23.8 Å². The number of hydrogen-bond acceptors (Lipinski definition) is 6. The summed E-state index contributed by atoms with van der Waals surface area (Å²) >= 11 is 0. The van der Waals surface area contributed by atoms with E-state index in [4.69, 9.17) is 19.3 Å². The lowest BCUT2D eigenvalue weighted by Crippen LogP contribution is -2.11. The molecule has 2 heterocycles. The van der Waals surface area contributed by atoms with Gasteiger partial charge in [-0.2, -0.15) is 5.10 Å². The van der Waals surface area contributed by atoms with Gasteiger partial charge in [-0.05, 0) is 38.5 Å². The molecule has 1 aromatic carbocycles. The molecule has 0 amide bonds.